The van der Waals surface area contributed by atoms with Crippen molar-refractivity contribution in [2.45, 2.75) is 46.6 Å². The first kappa shape index (κ1) is 16.0. The van der Waals surface area contributed by atoms with Crippen molar-refractivity contribution in [3.8, 4) is 0 Å². The summed E-state index contributed by atoms with van der Waals surface area (Å²) in [6, 6.07) is 0. The Morgan fingerprint density at radius 2 is 1.89 bits per heavy atom. The number of carboxylic acid groups (broad SMARTS) is 1. The highest BCUT2D eigenvalue weighted by Crippen LogP contribution is 2.58. The number of nitrogens with one attached hydrogen (secondary N) is 1. The molecule has 1 aliphatic carbocycles. The molecule has 2 N–H and O–H groups in total. The summed E-state index contributed by atoms with van der Waals surface area (Å²) < 4.78 is 5.40. The molecule has 19 heavy (non-hydrogen) atoms. The van der Waals surface area contributed by atoms with Crippen LogP contribution in [0.3, 0.4) is 0 Å². The summed E-state index contributed by atoms with van der Waals surface area (Å²) in [5.41, 5.74) is -0.420. The van der Waals surface area contributed by atoms with Gasteiger partial charge < -0.3 is 15.2 Å². The first-order valence-corrected chi connectivity index (χ1v) is 6.90. The van der Waals surface area contributed by atoms with Crippen LogP contribution >= 0.6 is 0 Å². The van der Waals surface area contributed by atoms with Crippen molar-refractivity contribution in [2.24, 2.45) is 17.3 Å². The van der Waals surface area contributed by atoms with Crippen LogP contribution in [0.25, 0.3) is 0 Å². The summed E-state index contributed by atoms with van der Waals surface area (Å²) in [4.78, 5) is 22.8. The van der Waals surface area contributed by atoms with Crippen LogP contribution in [0.1, 0.15) is 40.5 Å². The highest BCUT2D eigenvalue weighted by atomic mass is 16.5. The molecule has 0 saturated heterocycles. The minimum atomic E-state index is -0.879. The second kappa shape index (κ2) is 6.37. The second-order valence-electron chi connectivity index (χ2n) is 6.03. The minimum absolute atomic E-state index is 0.137. The lowest BCUT2D eigenvalue weighted by Gasteiger charge is -2.08. The molecule has 0 aromatic rings. The van der Waals surface area contributed by atoms with E-state index in [1.54, 1.807) is 0 Å². The molecular weight excluding hydrogens is 246 g/mol. The Morgan fingerprint density at radius 1 is 1.26 bits per heavy atom. The van der Waals surface area contributed by atoms with Gasteiger partial charge in [-0.1, -0.05) is 13.8 Å². The summed E-state index contributed by atoms with van der Waals surface area (Å²) in [7, 11) is 0. The first-order valence-electron chi connectivity index (χ1n) is 6.90. The lowest BCUT2D eigenvalue weighted by Crippen LogP contribution is -2.28. The molecule has 5 nitrogen and oxygen atoms in total. The molecule has 0 heterocycles. The molecular formula is C14H25NO4. The van der Waals surface area contributed by atoms with Crippen molar-refractivity contribution < 1.29 is 19.4 Å². The number of rotatable bonds is 8. The second-order valence-corrected chi connectivity index (χ2v) is 6.03. The number of hydrogen-bond donors (Lipinski definition) is 2. The van der Waals surface area contributed by atoms with Gasteiger partial charge in [0.25, 0.3) is 0 Å². The lowest BCUT2D eigenvalue weighted by molar-refractivity contribution is -0.140. The van der Waals surface area contributed by atoms with Crippen molar-refractivity contribution in [1.29, 1.82) is 0 Å². The van der Waals surface area contributed by atoms with Crippen LogP contribution in [0.15, 0.2) is 0 Å². The van der Waals surface area contributed by atoms with Gasteiger partial charge in [0.1, 0.15) is 0 Å². The molecule has 0 radical (unpaired) electrons. The summed E-state index contributed by atoms with van der Waals surface area (Å²) >= 11 is 0. The molecule has 1 saturated carbocycles. The topological polar surface area (TPSA) is 75.6 Å². The van der Waals surface area contributed by atoms with E-state index >= 15 is 0 Å². The Bertz CT molecular complexity index is 338. The number of unbranched alkanes of at least 4 members (excludes halogenated alkanes) is 1. The molecule has 110 valence electrons. The van der Waals surface area contributed by atoms with Crippen LogP contribution in [0.2, 0.25) is 0 Å². The van der Waals surface area contributed by atoms with Gasteiger partial charge in [-0.15, -0.1) is 0 Å². The molecule has 0 spiro atoms. The van der Waals surface area contributed by atoms with Crippen molar-refractivity contribution in [2.75, 3.05) is 13.2 Å². The molecule has 1 fully saturated rings. The molecule has 5 heteroatoms. The third kappa shape index (κ3) is 4.20. The van der Waals surface area contributed by atoms with Crippen LogP contribution in [0.4, 0.5) is 0 Å². The van der Waals surface area contributed by atoms with E-state index < -0.39 is 23.2 Å². The Morgan fingerprint density at radius 3 is 2.37 bits per heavy atom. The van der Waals surface area contributed by atoms with Crippen molar-refractivity contribution >= 4 is 11.9 Å². The fourth-order valence-electron chi connectivity index (χ4n) is 2.46. The molecule has 0 aliphatic heterocycles. The van der Waals surface area contributed by atoms with Gasteiger partial charge in [-0.2, -0.15) is 0 Å². The van der Waals surface area contributed by atoms with Gasteiger partial charge in [-0.25, -0.2) is 0 Å². The maximum absolute atomic E-state index is 11.9. The highest BCUT2D eigenvalue weighted by Gasteiger charge is 2.65. The third-order valence-corrected chi connectivity index (χ3v) is 3.70. The largest absolute Gasteiger partial charge is 0.481 e. The zero-order valence-corrected chi connectivity index (χ0v) is 12.2. The minimum Gasteiger partial charge on any atom is -0.481 e. The van der Waals surface area contributed by atoms with Crippen molar-refractivity contribution in [3.05, 3.63) is 0 Å². The zero-order valence-electron chi connectivity index (χ0n) is 12.2. The van der Waals surface area contributed by atoms with E-state index in [0.29, 0.717) is 13.2 Å². The van der Waals surface area contributed by atoms with Gasteiger partial charge in [0.05, 0.1) is 17.9 Å². The van der Waals surface area contributed by atoms with Crippen molar-refractivity contribution in [1.82, 2.24) is 5.32 Å². The van der Waals surface area contributed by atoms with E-state index in [1.807, 2.05) is 27.7 Å². The maximum Gasteiger partial charge on any atom is 0.307 e. The standard InChI is InChI=1S/C14H25NO4/c1-9(2)19-8-6-5-7-15-12(16)10-11(13(17)18)14(10,3)4/h9-11H,5-8H2,1-4H3,(H,15,16)(H,17,18). The number of carboxylic acids is 1. The van der Waals surface area contributed by atoms with Gasteiger partial charge in [0, 0.05) is 13.2 Å². The summed E-state index contributed by atoms with van der Waals surface area (Å²) in [5, 5.41) is 11.8. The summed E-state index contributed by atoms with van der Waals surface area (Å²) in [5.74, 6) is -1.95. The highest BCUT2D eigenvalue weighted by molar-refractivity contribution is 5.91. The fourth-order valence-corrected chi connectivity index (χ4v) is 2.46. The molecule has 1 rings (SSSR count). The number of ether oxygens (including phenoxy) is 1. The monoisotopic (exact) mass is 271 g/mol. The van der Waals surface area contributed by atoms with Gasteiger partial charge in [-0.3, -0.25) is 9.59 Å². The van der Waals surface area contributed by atoms with Gasteiger partial charge in [-0.05, 0) is 32.1 Å². The number of carbonyl (C=O) groups is 2. The van der Waals surface area contributed by atoms with Crippen LogP contribution in [0.5, 0.6) is 0 Å². The normalized spacial score (nSPS) is 24.3. The maximum atomic E-state index is 11.9. The van der Waals surface area contributed by atoms with E-state index in [9.17, 15) is 9.59 Å². The Kier molecular flexibility index (Phi) is 5.35. The predicted octanol–water partition coefficient (Wildman–Crippen LogP) is 1.66. The van der Waals surface area contributed by atoms with Crippen LogP contribution in [-0.4, -0.2) is 36.2 Å². The van der Waals surface area contributed by atoms with Crippen molar-refractivity contribution in [3.63, 3.8) is 0 Å². The number of hydrogen-bond acceptors (Lipinski definition) is 3. The van der Waals surface area contributed by atoms with E-state index in [1.165, 1.54) is 0 Å². The Labute approximate surface area is 114 Å². The molecule has 0 aromatic heterocycles. The summed E-state index contributed by atoms with van der Waals surface area (Å²) in [6.45, 7) is 8.91. The average Bonchev–Trinajstić information content (AvgIpc) is 2.86. The van der Waals surface area contributed by atoms with E-state index in [2.05, 4.69) is 5.32 Å². The Balaban J connectivity index is 2.18. The SMILES string of the molecule is CC(C)OCCCCNC(=O)C1C(C(=O)O)C1(C)C. The lowest BCUT2D eigenvalue weighted by atomic mass is 10.1. The average molecular weight is 271 g/mol. The first-order chi connectivity index (χ1) is 8.78. The van der Waals surface area contributed by atoms with Crippen LogP contribution < -0.4 is 5.32 Å². The molecule has 1 aliphatic rings. The number of carbonyl (C=O) groups excluding carboxylic acids is 1. The number of aliphatic carboxylic acids is 1. The zero-order chi connectivity index (χ0) is 14.6. The predicted molar refractivity (Wildman–Crippen MR) is 71.7 cm³/mol. The summed E-state index contributed by atoms with van der Waals surface area (Å²) in [6.07, 6.45) is 1.98. The smallest absolute Gasteiger partial charge is 0.307 e. The molecule has 0 aromatic carbocycles. The van der Waals surface area contributed by atoms with Gasteiger partial charge in [0.2, 0.25) is 5.91 Å². The van der Waals surface area contributed by atoms with E-state index in [-0.39, 0.29) is 12.0 Å². The van der Waals surface area contributed by atoms with Crippen LogP contribution in [-0.2, 0) is 14.3 Å². The van der Waals surface area contributed by atoms with Gasteiger partial charge >= 0.3 is 5.97 Å². The van der Waals surface area contributed by atoms with E-state index in [0.717, 1.165) is 12.8 Å². The fraction of sp³-hybridized carbons (Fsp3) is 0.857. The van der Waals surface area contributed by atoms with E-state index in [4.69, 9.17) is 9.84 Å². The molecule has 2 unspecified atom stereocenters. The third-order valence-electron chi connectivity index (χ3n) is 3.70. The quantitative estimate of drug-likeness (QED) is 0.658. The molecule has 0 bridgehead atoms. The molecule has 2 atom stereocenters. The number of amides is 1. The van der Waals surface area contributed by atoms with Gasteiger partial charge in [0.15, 0.2) is 0 Å². The molecule has 1 amide bonds. The Hall–Kier alpha value is -1.10. The van der Waals surface area contributed by atoms with Crippen LogP contribution in [0, 0.1) is 17.3 Å².